The quantitative estimate of drug-likeness (QED) is 0.579. The molecule has 1 aliphatic heterocycles. The predicted molar refractivity (Wildman–Crippen MR) is 117 cm³/mol. The maximum atomic E-state index is 13.9. The summed E-state index contributed by atoms with van der Waals surface area (Å²) in [6.45, 7) is 1.21. The molecule has 0 bridgehead atoms. The van der Waals surface area contributed by atoms with Gasteiger partial charge in [-0.2, -0.15) is 0 Å². The largest absolute Gasteiger partial charge is 0.338 e. The van der Waals surface area contributed by atoms with Gasteiger partial charge in [0.1, 0.15) is 11.6 Å². The lowest BCUT2D eigenvalue weighted by atomic mass is 9.98. The predicted octanol–water partition coefficient (Wildman–Crippen LogP) is 4.23. The molecule has 1 N–H and O–H groups in total. The zero-order chi connectivity index (χ0) is 22.7. The molecule has 1 heterocycles. The van der Waals surface area contributed by atoms with Gasteiger partial charge < -0.3 is 4.90 Å². The lowest BCUT2D eigenvalue weighted by Gasteiger charge is -2.16. The second-order valence-electron chi connectivity index (χ2n) is 7.65. The van der Waals surface area contributed by atoms with Crippen molar-refractivity contribution in [2.24, 2.45) is 0 Å². The zero-order valence-corrected chi connectivity index (χ0v) is 18.0. The van der Waals surface area contributed by atoms with Crippen LogP contribution in [0.3, 0.4) is 0 Å². The highest BCUT2D eigenvalue weighted by Crippen LogP contribution is 2.26. The number of sulfonamides is 1. The van der Waals surface area contributed by atoms with Crippen molar-refractivity contribution in [3.63, 3.8) is 0 Å². The summed E-state index contributed by atoms with van der Waals surface area (Å²) in [5.74, 6) is -2.12. The van der Waals surface area contributed by atoms with Crippen molar-refractivity contribution in [3.05, 3.63) is 89.5 Å². The Morgan fingerprint density at radius 2 is 1.59 bits per heavy atom. The van der Waals surface area contributed by atoms with Gasteiger partial charge in [0.25, 0.3) is 0 Å². The molecule has 3 aromatic carbocycles. The maximum Gasteiger partial charge on any atom is 0.246 e. The minimum absolute atomic E-state index is 0.129. The number of carbonyl (C=O) groups is 1. The summed E-state index contributed by atoms with van der Waals surface area (Å²) in [5.41, 5.74) is 3.34. The highest BCUT2D eigenvalue weighted by molar-refractivity contribution is 7.89. The van der Waals surface area contributed by atoms with Gasteiger partial charge in [0, 0.05) is 26.1 Å². The number of hydrogen-bond donors (Lipinski definition) is 1. The van der Waals surface area contributed by atoms with Crippen LogP contribution in [-0.2, 0) is 27.9 Å². The second kappa shape index (κ2) is 9.18. The van der Waals surface area contributed by atoms with Crippen molar-refractivity contribution in [2.75, 3.05) is 6.54 Å². The Morgan fingerprint density at radius 1 is 0.906 bits per heavy atom. The van der Waals surface area contributed by atoms with Gasteiger partial charge in [-0.25, -0.2) is 21.9 Å². The number of likely N-dealkylation sites (tertiary alicyclic amines) is 1. The summed E-state index contributed by atoms with van der Waals surface area (Å²) in [4.78, 5) is 12.7. The first kappa shape index (κ1) is 22.1. The number of nitrogens with one attached hydrogen (secondary N) is 1. The van der Waals surface area contributed by atoms with Gasteiger partial charge in [0.05, 0.1) is 0 Å². The molecule has 3 aromatic rings. The van der Waals surface area contributed by atoms with Crippen molar-refractivity contribution >= 4 is 15.9 Å². The van der Waals surface area contributed by atoms with E-state index in [4.69, 9.17) is 0 Å². The van der Waals surface area contributed by atoms with E-state index in [0.29, 0.717) is 18.5 Å². The molecule has 166 valence electrons. The van der Waals surface area contributed by atoms with E-state index < -0.39 is 26.6 Å². The summed E-state index contributed by atoms with van der Waals surface area (Å²) in [5, 5.41) is 0. The molecule has 0 spiro atoms. The molecular weight excluding hydrogens is 434 g/mol. The molecule has 0 aromatic heterocycles. The average molecular weight is 457 g/mol. The zero-order valence-electron chi connectivity index (χ0n) is 17.2. The SMILES string of the molecule is O=C1CCCN1Cc1ccc(-c2ccccc2CNS(=O)(=O)c2c(F)cccc2F)cc1. The second-order valence-corrected chi connectivity index (χ2v) is 9.35. The van der Waals surface area contributed by atoms with Crippen molar-refractivity contribution in [3.8, 4) is 11.1 Å². The molecule has 5 nitrogen and oxygen atoms in total. The summed E-state index contributed by atoms with van der Waals surface area (Å²) >= 11 is 0. The number of rotatable bonds is 7. The topological polar surface area (TPSA) is 66.5 Å². The highest BCUT2D eigenvalue weighted by Gasteiger charge is 2.24. The lowest BCUT2D eigenvalue weighted by Crippen LogP contribution is -2.25. The minimum Gasteiger partial charge on any atom is -0.338 e. The van der Waals surface area contributed by atoms with Crippen LogP contribution in [0, 0.1) is 11.6 Å². The Morgan fingerprint density at radius 3 is 2.25 bits per heavy atom. The lowest BCUT2D eigenvalue weighted by molar-refractivity contribution is -0.128. The normalized spacial score (nSPS) is 14.2. The highest BCUT2D eigenvalue weighted by atomic mass is 32.2. The van der Waals surface area contributed by atoms with E-state index in [1.807, 2.05) is 41.3 Å². The van der Waals surface area contributed by atoms with E-state index >= 15 is 0 Å². The molecule has 0 atom stereocenters. The van der Waals surface area contributed by atoms with Crippen LogP contribution in [0.25, 0.3) is 11.1 Å². The number of carbonyl (C=O) groups excluding carboxylic acids is 1. The van der Waals surface area contributed by atoms with Crippen LogP contribution < -0.4 is 4.72 Å². The fraction of sp³-hybridized carbons (Fsp3) is 0.208. The summed E-state index contributed by atoms with van der Waals surface area (Å²) in [6, 6.07) is 17.9. The monoisotopic (exact) mass is 456 g/mol. The van der Waals surface area contributed by atoms with Gasteiger partial charge in [-0.3, -0.25) is 4.79 Å². The number of nitrogens with zero attached hydrogens (tertiary/aromatic N) is 1. The standard InChI is InChI=1S/C24H22F2N2O3S/c25-21-7-3-8-22(26)24(21)32(30,31)27-15-19-5-1-2-6-20(19)18-12-10-17(11-13-18)16-28-14-4-9-23(28)29/h1-3,5-8,10-13,27H,4,9,14-16H2. The van der Waals surface area contributed by atoms with Gasteiger partial charge in [-0.05, 0) is 40.8 Å². The van der Waals surface area contributed by atoms with Crippen molar-refractivity contribution < 1.29 is 22.0 Å². The van der Waals surface area contributed by atoms with Gasteiger partial charge in [0.2, 0.25) is 15.9 Å². The van der Waals surface area contributed by atoms with E-state index in [2.05, 4.69) is 4.72 Å². The first-order valence-corrected chi connectivity index (χ1v) is 11.7. The Kier molecular flexibility index (Phi) is 6.34. The number of amides is 1. The smallest absolute Gasteiger partial charge is 0.246 e. The molecule has 1 amide bonds. The summed E-state index contributed by atoms with van der Waals surface area (Å²) in [7, 11) is -4.38. The third-order valence-corrected chi connectivity index (χ3v) is 6.92. The van der Waals surface area contributed by atoms with E-state index in [1.165, 1.54) is 0 Å². The van der Waals surface area contributed by atoms with E-state index in [9.17, 15) is 22.0 Å². The Labute approximate surface area is 185 Å². The molecule has 1 saturated heterocycles. The molecule has 0 saturated carbocycles. The Bertz CT molecular complexity index is 1220. The molecular formula is C24H22F2N2O3S. The van der Waals surface area contributed by atoms with Crippen LogP contribution in [0.2, 0.25) is 0 Å². The van der Waals surface area contributed by atoms with Crippen LogP contribution in [0.15, 0.2) is 71.6 Å². The van der Waals surface area contributed by atoms with Crippen LogP contribution in [-0.4, -0.2) is 25.8 Å². The van der Waals surface area contributed by atoms with Crippen LogP contribution >= 0.6 is 0 Å². The third-order valence-electron chi connectivity index (χ3n) is 5.47. The Hall–Kier alpha value is -3.10. The van der Waals surface area contributed by atoms with Crippen molar-refractivity contribution in [1.29, 1.82) is 0 Å². The molecule has 8 heteroatoms. The van der Waals surface area contributed by atoms with E-state index in [0.717, 1.165) is 47.9 Å². The van der Waals surface area contributed by atoms with E-state index in [-0.39, 0.29) is 12.5 Å². The molecule has 4 rings (SSSR count). The van der Waals surface area contributed by atoms with Gasteiger partial charge in [0.15, 0.2) is 4.90 Å². The first-order chi connectivity index (χ1) is 15.3. The summed E-state index contributed by atoms with van der Waals surface area (Å²) < 4.78 is 55.2. The third kappa shape index (κ3) is 4.71. The Balaban J connectivity index is 1.52. The molecule has 1 fully saturated rings. The number of benzene rings is 3. The van der Waals surface area contributed by atoms with Gasteiger partial charge in [-0.1, -0.05) is 54.6 Å². The van der Waals surface area contributed by atoms with E-state index in [1.54, 1.807) is 12.1 Å². The van der Waals surface area contributed by atoms with Crippen molar-refractivity contribution in [1.82, 2.24) is 9.62 Å². The van der Waals surface area contributed by atoms with Crippen LogP contribution in [0.1, 0.15) is 24.0 Å². The molecule has 32 heavy (non-hydrogen) atoms. The fourth-order valence-corrected chi connectivity index (χ4v) is 4.96. The van der Waals surface area contributed by atoms with Crippen molar-refractivity contribution in [2.45, 2.75) is 30.8 Å². The maximum absolute atomic E-state index is 13.9. The minimum atomic E-state index is -4.38. The van der Waals surface area contributed by atoms with Gasteiger partial charge in [-0.15, -0.1) is 0 Å². The number of hydrogen-bond acceptors (Lipinski definition) is 3. The summed E-state index contributed by atoms with van der Waals surface area (Å²) in [6.07, 6.45) is 1.48. The molecule has 0 unspecified atom stereocenters. The molecule has 1 aliphatic rings. The molecule has 0 radical (unpaired) electrons. The average Bonchev–Trinajstić information content (AvgIpc) is 3.17. The van der Waals surface area contributed by atoms with Crippen LogP contribution in [0.4, 0.5) is 8.78 Å². The van der Waals surface area contributed by atoms with Gasteiger partial charge >= 0.3 is 0 Å². The molecule has 0 aliphatic carbocycles. The number of halogens is 2. The fourth-order valence-electron chi connectivity index (χ4n) is 3.82. The van der Waals surface area contributed by atoms with Crippen LogP contribution in [0.5, 0.6) is 0 Å². The first-order valence-electron chi connectivity index (χ1n) is 10.2.